The van der Waals surface area contributed by atoms with Gasteiger partial charge < -0.3 is 19.4 Å². The quantitative estimate of drug-likeness (QED) is 0.693. The predicted octanol–water partition coefficient (Wildman–Crippen LogP) is 4.89. The van der Waals surface area contributed by atoms with E-state index in [1.165, 1.54) is 0 Å². The number of aromatic nitrogens is 1. The summed E-state index contributed by atoms with van der Waals surface area (Å²) >= 11 is 6.14. The number of nitrogens with zero attached hydrogens (tertiary/aromatic N) is 1. The smallest absolute Gasteiger partial charge is 0.272 e. The van der Waals surface area contributed by atoms with Crippen molar-refractivity contribution in [3.63, 3.8) is 0 Å². The van der Waals surface area contributed by atoms with Crippen LogP contribution in [-0.4, -0.2) is 24.7 Å². The summed E-state index contributed by atoms with van der Waals surface area (Å²) in [5, 5.41) is 4.57. The molecule has 0 fully saturated rings. The van der Waals surface area contributed by atoms with E-state index in [9.17, 15) is 4.79 Å². The maximum atomic E-state index is 13.1. The second-order valence-corrected chi connectivity index (χ2v) is 6.34. The van der Waals surface area contributed by atoms with Crippen molar-refractivity contribution in [2.24, 2.45) is 0 Å². The zero-order valence-electron chi connectivity index (χ0n) is 15.2. The van der Waals surface area contributed by atoms with Gasteiger partial charge in [0, 0.05) is 28.5 Å². The molecule has 26 heavy (non-hydrogen) atoms. The Balaban J connectivity index is 2.07. The van der Waals surface area contributed by atoms with Gasteiger partial charge in [0.2, 0.25) is 0 Å². The molecule has 3 aromatic rings. The number of benzene rings is 2. The molecule has 0 unspecified atom stereocenters. The highest BCUT2D eigenvalue weighted by molar-refractivity contribution is 6.31. The summed E-state index contributed by atoms with van der Waals surface area (Å²) in [5.41, 5.74) is 3.04. The van der Waals surface area contributed by atoms with E-state index in [2.05, 4.69) is 5.32 Å². The average molecular weight is 373 g/mol. The third-order valence-electron chi connectivity index (χ3n) is 4.46. The van der Waals surface area contributed by atoms with Crippen LogP contribution < -0.4 is 14.8 Å². The number of carbonyl (C=O) groups excluding carboxylic acids is 1. The normalized spacial score (nSPS) is 10.8. The average Bonchev–Trinajstić information content (AvgIpc) is 2.93. The van der Waals surface area contributed by atoms with Crippen LogP contribution in [0.2, 0.25) is 5.02 Å². The molecule has 0 aliphatic carbocycles. The first-order valence-corrected chi connectivity index (χ1v) is 8.69. The second-order valence-electron chi connectivity index (χ2n) is 5.90. The number of rotatable bonds is 5. The van der Waals surface area contributed by atoms with Gasteiger partial charge in [0.25, 0.3) is 5.91 Å². The van der Waals surface area contributed by atoms with E-state index in [0.29, 0.717) is 34.4 Å². The Labute approximate surface area is 157 Å². The first kappa shape index (κ1) is 18.1. The van der Waals surface area contributed by atoms with Gasteiger partial charge in [-0.05, 0) is 49.7 Å². The maximum absolute atomic E-state index is 13.1. The highest BCUT2D eigenvalue weighted by atomic mass is 35.5. The molecule has 1 aromatic heterocycles. The highest BCUT2D eigenvalue weighted by Gasteiger charge is 2.21. The zero-order chi connectivity index (χ0) is 18.8. The van der Waals surface area contributed by atoms with Crippen molar-refractivity contribution in [3.05, 3.63) is 52.7 Å². The summed E-state index contributed by atoms with van der Waals surface area (Å²) in [6, 6.07) is 10.9. The van der Waals surface area contributed by atoms with E-state index < -0.39 is 0 Å². The SMILES string of the molecule is CCn1c(C(=O)Nc2cc(OC)ccc2OC)c(C)c2cc(Cl)ccc21. The maximum Gasteiger partial charge on any atom is 0.272 e. The summed E-state index contributed by atoms with van der Waals surface area (Å²) in [5.74, 6) is 1.00. The molecule has 5 nitrogen and oxygen atoms in total. The van der Waals surface area contributed by atoms with Gasteiger partial charge in [-0.3, -0.25) is 4.79 Å². The van der Waals surface area contributed by atoms with Crippen molar-refractivity contribution in [2.45, 2.75) is 20.4 Å². The van der Waals surface area contributed by atoms with Crippen LogP contribution in [-0.2, 0) is 6.54 Å². The van der Waals surface area contributed by atoms with Crippen LogP contribution >= 0.6 is 11.6 Å². The molecule has 0 bridgehead atoms. The third kappa shape index (κ3) is 3.10. The van der Waals surface area contributed by atoms with Crippen molar-refractivity contribution in [1.82, 2.24) is 4.57 Å². The van der Waals surface area contributed by atoms with Crippen LogP contribution in [0.15, 0.2) is 36.4 Å². The molecular weight excluding hydrogens is 352 g/mol. The van der Waals surface area contributed by atoms with Crippen LogP contribution in [0.4, 0.5) is 5.69 Å². The van der Waals surface area contributed by atoms with Gasteiger partial charge in [0.15, 0.2) is 0 Å². The molecule has 0 aliphatic rings. The number of hydrogen-bond acceptors (Lipinski definition) is 3. The van der Waals surface area contributed by atoms with Crippen molar-refractivity contribution >= 4 is 34.1 Å². The van der Waals surface area contributed by atoms with Gasteiger partial charge in [-0.2, -0.15) is 0 Å². The molecular formula is C20H21ClN2O3. The number of aryl methyl sites for hydroxylation is 2. The van der Waals surface area contributed by atoms with Crippen LogP contribution in [0.3, 0.4) is 0 Å². The zero-order valence-corrected chi connectivity index (χ0v) is 16.0. The molecule has 0 saturated carbocycles. The molecule has 136 valence electrons. The van der Waals surface area contributed by atoms with E-state index in [-0.39, 0.29) is 5.91 Å². The van der Waals surface area contributed by atoms with Crippen molar-refractivity contribution < 1.29 is 14.3 Å². The molecule has 6 heteroatoms. The van der Waals surface area contributed by atoms with Crippen LogP contribution in [0, 0.1) is 6.92 Å². The number of ether oxygens (including phenoxy) is 2. The van der Waals surface area contributed by atoms with Crippen molar-refractivity contribution in [2.75, 3.05) is 19.5 Å². The lowest BCUT2D eigenvalue weighted by Crippen LogP contribution is -2.18. The molecule has 0 spiro atoms. The van der Waals surface area contributed by atoms with E-state index in [1.807, 2.05) is 36.6 Å². The number of fused-ring (bicyclic) bond motifs is 1. The second kappa shape index (κ2) is 7.30. The minimum absolute atomic E-state index is 0.205. The summed E-state index contributed by atoms with van der Waals surface area (Å²) in [4.78, 5) is 13.1. The van der Waals surface area contributed by atoms with Crippen LogP contribution in [0.25, 0.3) is 10.9 Å². The Morgan fingerprint density at radius 2 is 1.92 bits per heavy atom. The van der Waals surface area contributed by atoms with Crippen molar-refractivity contribution in [1.29, 1.82) is 0 Å². The number of carbonyl (C=O) groups is 1. The number of anilines is 1. The van der Waals surface area contributed by atoms with Gasteiger partial charge in [-0.25, -0.2) is 0 Å². The Bertz CT molecular complexity index is 979. The standard InChI is InChI=1S/C20H21ClN2O3/c1-5-23-17-8-6-13(21)10-15(17)12(2)19(23)20(24)22-16-11-14(25-3)7-9-18(16)26-4/h6-11H,5H2,1-4H3,(H,22,24). The molecule has 0 radical (unpaired) electrons. The topological polar surface area (TPSA) is 52.5 Å². The molecule has 3 rings (SSSR count). The molecule has 1 N–H and O–H groups in total. The lowest BCUT2D eigenvalue weighted by Gasteiger charge is -2.13. The first-order valence-electron chi connectivity index (χ1n) is 8.31. The van der Waals surface area contributed by atoms with E-state index >= 15 is 0 Å². The minimum atomic E-state index is -0.205. The summed E-state index contributed by atoms with van der Waals surface area (Å²) < 4.78 is 12.6. The molecule has 0 saturated heterocycles. The number of methoxy groups -OCH3 is 2. The fourth-order valence-electron chi connectivity index (χ4n) is 3.21. The first-order chi connectivity index (χ1) is 12.5. The molecule has 1 heterocycles. The lowest BCUT2D eigenvalue weighted by molar-refractivity contribution is 0.101. The Morgan fingerprint density at radius 1 is 1.15 bits per heavy atom. The lowest BCUT2D eigenvalue weighted by atomic mass is 10.1. The van der Waals surface area contributed by atoms with Gasteiger partial charge in [0.05, 0.1) is 19.9 Å². The van der Waals surface area contributed by atoms with Gasteiger partial charge >= 0.3 is 0 Å². The highest BCUT2D eigenvalue weighted by Crippen LogP contribution is 2.32. The molecule has 1 amide bonds. The molecule has 0 atom stereocenters. The van der Waals surface area contributed by atoms with E-state index in [4.69, 9.17) is 21.1 Å². The number of halogens is 1. The number of amides is 1. The predicted molar refractivity (Wildman–Crippen MR) is 105 cm³/mol. The summed E-state index contributed by atoms with van der Waals surface area (Å²) in [6.07, 6.45) is 0. The minimum Gasteiger partial charge on any atom is -0.497 e. The molecule has 2 aromatic carbocycles. The van der Waals surface area contributed by atoms with Gasteiger partial charge in [-0.15, -0.1) is 0 Å². The van der Waals surface area contributed by atoms with Crippen molar-refractivity contribution in [3.8, 4) is 11.5 Å². The van der Waals surface area contributed by atoms with Gasteiger partial charge in [0.1, 0.15) is 17.2 Å². The fraction of sp³-hybridized carbons (Fsp3) is 0.250. The fourth-order valence-corrected chi connectivity index (χ4v) is 3.38. The molecule has 0 aliphatic heterocycles. The summed E-state index contributed by atoms with van der Waals surface area (Å²) in [7, 11) is 3.14. The van der Waals surface area contributed by atoms with Gasteiger partial charge in [-0.1, -0.05) is 11.6 Å². The Morgan fingerprint density at radius 3 is 2.58 bits per heavy atom. The Kier molecular flexibility index (Phi) is 5.09. The number of hydrogen-bond donors (Lipinski definition) is 1. The Hall–Kier alpha value is -2.66. The largest absolute Gasteiger partial charge is 0.497 e. The van der Waals surface area contributed by atoms with Crippen LogP contribution in [0.5, 0.6) is 11.5 Å². The number of nitrogens with one attached hydrogen (secondary N) is 1. The summed E-state index contributed by atoms with van der Waals surface area (Å²) in [6.45, 7) is 4.61. The van der Waals surface area contributed by atoms with E-state index in [1.54, 1.807) is 32.4 Å². The monoisotopic (exact) mass is 372 g/mol. The van der Waals surface area contributed by atoms with Crippen LogP contribution in [0.1, 0.15) is 23.0 Å². The van der Waals surface area contributed by atoms with E-state index in [0.717, 1.165) is 16.5 Å². The third-order valence-corrected chi connectivity index (χ3v) is 4.70.